The number of nitrogens with one attached hydrogen (secondary N) is 2. The summed E-state index contributed by atoms with van der Waals surface area (Å²) in [4.78, 5) is 21.2. The Morgan fingerprint density at radius 2 is 2.04 bits per heavy atom. The van der Waals surface area contributed by atoms with Gasteiger partial charge in [-0.1, -0.05) is 25.7 Å². The molecular formula is C18H24N4O2. The third-order valence-electron chi connectivity index (χ3n) is 4.28. The lowest BCUT2D eigenvalue weighted by molar-refractivity contribution is 0.0928. The summed E-state index contributed by atoms with van der Waals surface area (Å²) < 4.78 is 5.28. The Hall–Kier alpha value is -2.37. The van der Waals surface area contributed by atoms with Crippen molar-refractivity contribution >= 4 is 11.9 Å². The summed E-state index contributed by atoms with van der Waals surface area (Å²) in [6.07, 6.45) is 8.63. The lowest BCUT2D eigenvalue weighted by Gasteiger charge is -2.16. The molecule has 2 aromatic rings. The molecule has 0 bridgehead atoms. The summed E-state index contributed by atoms with van der Waals surface area (Å²) in [6, 6.07) is 5.70. The zero-order valence-corrected chi connectivity index (χ0v) is 14.0. The van der Waals surface area contributed by atoms with E-state index in [1.165, 1.54) is 25.7 Å². The molecule has 1 aliphatic rings. The van der Waals surface area contributed by atoms with Gasteiger partial charge in [0.2, 0.25) is 5.95 Å². The van der Waals surface area contributed by atoms with Crippen LogP contribution in [0.25, 0.3) is 0 Å². The molecule has 0 aromatic carbocycles. The second kappa shape index (κ2) is 7.95. The number of furan rings is 1. The lowest BCUT2D eigenvalue weighted by atomic mass is 10.1. The molecule has 3 rings (SSSR count). The van der Waals surface area contributed by atoms with E-state index in [2.05, 4.69) is 20.6 Å². The smallest absolute Gasteiger partial charge is 0.270 e. The number of hydrogen-bond acceptors (Lipinski definition) is 5. The average Bonchev–Trinajstić information content (AvgIpc) is 2.96. The quantitative estimate of drug-likeness (QED) is 0.822. The second-order valence-electron chi connectivity index (χ2n) is 6.31. The van der Waals surface area contributed by atoms with E-state index in [4.69, 9.17) is 4.42 Å². The van der Waals surface area contributed by atoms with Gasteiger partial charge < -0.3 is 15.1 Å². The molecule has 0 aliphatic heterocycles. The Labute approximate surface area is 142 Å². The third kappa shape index (κ3) is 4.57. The third-order valence-corrected chi connectivity index (χ3v) is 4.28. The van der Waals surface area contributed by atoms with Crippen LogP contribution in [0.2, 0.25) is 0 Å². The predicted octanol–water partition coefficient (Wildman–Crippen LogP) is 3.44. The zero-order chi connectivity index (χ0) is 16.8. The highest BCUT2D eigenvalue weighted by Crippen LogP contribution is 2.17. The van der Waals surface area contributed by atoms with Crippen LogP contribution < -0.4 is 10.6 Å². The van der Waals surface area contributed by atoms with Crippen molar-refractivity contribution in [3.05, 3.63) is 41.6 Å². The summed E-state index contributed by atoms with van der Waals surface area (Å²) in [5, 5.41) is 6.22. The Bertz CT molecular complexity index is 662. The molecule has 24 heavy (non-hydrogen) atoms. The molecule has 0 atom stereocenters. The number of hydrogen-bond donors (Lipinski definition) is 2. The van der Waals surface area contributed by atoms with E-state index >= 15 is 0 Å². The monoisotopic (exact) mass is 328 g/mol. The predicted molar refractivity (Wildman–Crippen MR) is 91.8 cm³/mol. The van der Waals surface area contributed by atoms with Crippen LogP contribution in [0.15, 0.2) is 28.9 Å². The van der Waals surface area contributed by atoms with Gasteiger partial charge in [-0.25, -0.2) is 9.97 Å². The SMILES string of the molecule is Cc1cc(C(=O)NC2CCCCCC2)nc(NCc2ccco2)n1. The van der Waals surface area contributed by atoms with Crippen molar-refractivity contribution in [2.24, 2.45) is 0 Å². The molecule has 128 valence electrons. The van der Waals surface area contributed by atoms with E-state index in [-0.39, 0.29) is 11.9 Å². The number of anilines is 1. The first-order valence-electron chi connectivity index (χ1n) is 8.63. The van der Waals surface area contributed by atoms with E-state index in [1.54, 1.807) is 12.3 Å². The van der Waals surface area contributed by atoms with Crippen molar-refractivity contribution in [1.82, 2.24) is 15.3 Å². The van der Waals surface area contributed by atoms with Crippen molar-refractivity contribution in [1.29, 1.82) is 0 Å². The minimum Gasteiger partial charge on any atom is -0.467 e. The number of rotatable bonds is 5. The maximum atomic E-state index is 12.5. The number of nitrogens with zero attached hydrogens (tertiary/aromatic N) is 2. The molecule has 1 saturated carbocycles. The Morgan fingerprint density at radius 3 is 2.75 bits per heavy atom. The Kier molecular flexibility index (Phi) is 5.46. The van der Waals surface area contributed by atoms with Crippen molar-refractivity contribution < 1.29 is 9.21 Å². The standard InChI is InChI=1S/C18H24N4O2/c1-13-11-16(17(23)21-14-7-4-2-3-5-8-14)22-18(20-13)19-12-15-9-6-10-24-15/h6,9-11,14H,2-5,7-8,12H2,1H3,(H,21,23)(H,19,20,22). The van der Waals surface area contributed by atoms with E-state index in [9.17, 15) is 4.79 Å². The first-order valence-corrected chi connectivity index (χ1v) is 8.63. The van der Waals surface area contributed by atoms with Crippen LogP contribution in [-0.4, -0.2) is 21.9 Å². The molecule has 0 spiro atoms. The summed E-state index contributed by atoms with van der Waals surface area (Å²) in [6.45, 7) is 2.35. The number of carbonyl (C=O) groups is 1. The van der Waals surface area contributed by atoms with Gasteiger partial charge in [-0.05, 0) is 38.0 Å². The van der Waals surface area contributed by atoms with Gasteiger partial charge in [0, 0.05) is 11.7 Å². The highest BCUT2D eigenvalue weighted by atomic mass is 16.3. The fourth-order valence-corrected chi connectivity index (χ4v) is 3.03. The normalized spacial score (nSPS) is 15.7. The van der Waals surface area contributed by atoms with Gasteiger partial charge >= 0.3 is 0 Å². The largest absolute Gasteiger partial charge is 0.467 e. The van der Waals surface area contributed by atoms with Crippen LogP contribution >= 0.6 is 0 Å². The summed E-state index contributed by atoms with van der Waals surface area (Å²) in [7, 11) is 0. The van der Waals surface area contributed by atoms with Crippen molar-refractivity contribution in [3.63, 3.8) is 0 Å². The van der Waals surface area contributed by atoms with Crippen molar-refractivity contribution in [2.45, 2.75) is 58.0 Å². The topological polar surface area (TPSA) is 80.0 Å². The van der Waals surface area contributed by atoms with Crippen LogP contribution in [0.3, 0.4) is 0 Å². The summed E-state index contributed by atoms with van der Waals surface area (Å²) in [5.41, 5.74) is 1.17. The fraction of sp³-hybridized carbons (Fsp3) is 0.500. The van der Waals surface area contributed by atoms with Crippen LogP contribution in [0.1, 0.15) is 60.5 Å². The number of aryl methyl sites for hydroxylation is 1. The van der Waals surface area contributed by atoms with Gasteiger partial charge in [-0.15, -0.1) is 0 Å². The lowest BCUT2D eigenvalue weighted by Crippen LogP contribution is -2.35. The van der Waals surface area contributed by atoms with Crippen LogP contribution in [0.5, 0.6) is 0 Å². The highest BCUT2D eigenvalue weighted by Gasteiger charge is 2.17. The van der Waals surface area contributed by atoms with Gasteiger partial charge in [0.15, 0.2) is 0 Å². The van der Waals surface area contributed by atoms with Gasteiger partial charge in [-0.3, -0.25) is 4.79 Å². The molecule has 1 aliphatic carbocycles. The van der Waals surface area contributed by atoms with E-state index in [1.807, 2.05) is 19.1 Å². The number of amides is 1. The Morgan fingerprint density at radius 1 is 1.25 bits per heavy atom. The van der Waals surface area contributed by atoms with Crippen molar-refractivity contribution in [2.75, 3.05) is 5.32 Å². The molecule has 0 saturated heterocycles. The molecule has 0 radical (unpaired) electrons. The number of aromatic nitrogens is 2. The maximum Gasteiger partial charge on any atom is 0.270 e. The van der Waals surface area contributed by atoms with E-state index < -0.39 is 0 Å². The molecular weight excluding hydrogens is 304 g/mol. The summed E-state index contributed by atoms with van der Waals surface area (Å²) in [5.74, 6) is 1.12. The van der Waals surface area contributed by atoms with Gasteiger partial charge in [0.05, 0.1) is 12.8 Å². The minimum absolute atomic E-state index is 0.117. The average molecular weight is 328 g/mol. The Balaban J connectivity index is 1.64. The van der Waals surface area contributed by atoms with Crippen LogP contribution in [0, 0.1) is 6.92 Å². The molecule has 1 fully saturated rings. The second-order valence-corrected chi connectivity index (χ2v) is 6.31. The summed E-state index contributed by atoms with van der Waals surface area (Å²) >= 11 is 0. The van der Waals surface area contributed by atoms with E-state index in [0.717, 1.165) is 24.3 Å². The van der Waals surface area contributed by atoms with Gasteiger partial charge in [-0.2, -0.15) is 0 Å². The van der Waals surface area contributed by atoms with Crippen molar-refractivity contribution in [3.8, 4) is 0 Å². The molecule has 2 N–H and O–H groups in total. The fourth-order valence-electron chi connectivity index (χ4n) is 3.03. The first kappa shape index (κ1) is 16.5. The first-order chi connectivity index (χ1) is 11.7. The van der Waals surface area contributed by atoms with Gasteiger partial charge in [0.25, 0.3) is 5.91 Å². The molecule has 2 heterocycles. The van der Waals surface area contributed by atoms with Crippen LogP contribution in [-0.2, 0) is 6.54 Å². The zero-order valence-electron chi connectivity index (χ0n) is 14.0. The number of carbonyl (C=O) groups excluding carboxylic acids is 1. The molecule has 1 amide bonds. The minimum atomic E-state index is -0.117. The molecule has 6 nitrogen and oxygen atoms in total. The van der Waals surface area contributed by atoms with Gasteiger partial charge in [0.1, 0.15) is 11.5 Å². The highest BCUT2D eigenvalue weighted by molar-refractivity contribution is 5.92. The maximum absolute atomic E-state index is 12.5. The molecule has 0 unspecified atom stereocenters. The van der Waals surface area contributed by atoms with Crippen LogP contribution in [0.4, 0.5) is 5.95 Å². The molecule has 2 aromatic heterocycles. The van der Waals surface area contributed by atoms with E-state index in [0.29, 0.717) is 18.2 Å². The molecule has 6 heteroatoms.